The molecule has 1 N–H and O–H groups in total. The molecule has 0 bridgehead atoms. The molecular formula is C9H14N2OS. The number of nitrogens with zero attached hydrogens (tertiary/aromatic N) is 2. The standard InChI is InChI=1S/C9H14N2OS/c1-7-5-10-9(13-7)11-4-2-3-8(11)6-12/h5,8,12H,2-4,6H2,1H3. The predicted molar refractivity (Wildman–Crippen MR) is 54.3 cm³/mol. The van der Waals surface area contributed by atoms with Gasteiger partial charge in [0.25, 0.3) is 0 Å². The fraction of sp³-hybridized carbons (Fsp3) is 0.667. The molecule has 1 aliphatic heterocycles. The van der Waals surface area contributed by atoms with Gasteiger partial charge in [-0.2, -0.15) is 0 Å². The van der Waals surface area contributed by atoms with Crippen LogP contribution in [0, 0.1) is 6.92 Å². The summed E-state index contributed by atoms with van der Waals surface area (Å²) in [7, 11) is 0. The Hall–Kier alpha value is -0.610. The Balaban J connectivity index is 2.15. The monoisotopic (exact) mass is 198 g/mol. The van der Waals surface area contributed by atoms with Gasteiger partial charge in [-0.3, -0.25) is 0 Å². The molecular weight excluding hydrogens is 184 g/mol. The van der Waals surface area contributed by atoms with Crippen LogP contribution >= 0.6 is 11.3 Å². The molecule has 0 amide bonds. The van der Waals surface area contributed by atoms with Crippen molar-refractivity contribution in [2.45, 2.75) is 25.8 Å². The molecule has 4 heteroatoms. The van der Waals surface area contributed by atoms with Gasteiger partial charge >= 0.3 is 0 Å². The van der Waals surface area contributed by atoms with E-state index < -0.39 is 0 Å². The predicted octanol–water partition coefficient (Wildman–Crippen LogP) is 1.41. The van der Waals surface area contributed by atoms with Crippen molar-refractivity contribution in [3.8, 4) is 0 Å². The van der Waals surface area contributed by atoms with E-state index in [9.17, 15) is 0 Å². The highest BCUT2D eigenvalue weighted by Gasteiger charge is 2.25. The smallest absolute Gasteiger partial charge is 0.185 e. The van der Waals surface area contributed by atoms with Crippen LogP contribution in [0.2, 0.25) is 0 Å². The van der Waals surface area contributed by atoms with Crippen LogP contribution in [0.1, 0.15) is 17.7 Å². The second kappa shape index (κ2) is 3.64. The number of aromatic nitrogens is 1. The molecule has 1 unspecified atom stereocenters. The van der Waals surface area contributed by atoms with Gasteiger partial charge in [-0.25, -0.2) is 4.98 Å². The number of hydrogen-bond acceptors (Lipinski definition) is 4. The third-order valence-electron chi connectivity index (χ3n) is 2.44. The lowest BCUT2D eigenvalue weighted by molar-refractivity contribution is 0.266. The van der Waals surface area contributed by atoms with Crippen molar-refractivity contribution < 1.29 is 5.11 Å². The van der Waals surface area contributed by atoms with Gasteiger partial charge in [0.2, 0.25) is 0 Å². The first kappa shape index (κ1) is 8.97. The SMILES string of the molecule is Cc1cnc(N2CCCC2CO)s1. The van der Waals surface area contributed by atoms with Crippen LogP contribution in [0.15, 0.2) is 6.20 Å². The van der Waals surface area contributed by atoms with Gasteiger partial charge in [0.1, 0.15) is 0 Å². The van der Waals surface area contributed by atoms with Crippen LogP contribution in [-0.2, 0) is 0 Å². The lowest BCUT2D eigenvalue weighted by atomic mass is 10.2. The van der Waals surface area contributed by atoms with E-state index in [4.69, 9.17) is 5.11 Å². The molecule has 1 aromatic rings. The highest BCUT2D eigenvalue weighted by Crippen LogP contribution is 2.28. The van der Waals surface area contributed by atoms with Crippen LogP contribution in [-0.4, -0.2) is 29.3 Å². The number of thiazole rings is 1. The van der Waals surface area contributed by atoms with E-state index in [0.29, 0.717) is 6.04 Å². The van der Waals surface area contributed by atoms with Gasteiger partial charge in [-0.15, -0.1) is 11.3 Å². The van der Waals surface area contributed by atoms with Crippen molar-refractivity contribution in [2.24, 2.45) is 0 Å². The summed E-state index contributed by atoms with van der Waals surface area (Å²) in [4.78, 5) is 7.78. The average molecular weight is 198 g/mol. The summed E-state index contributed by atoms with van der Waals surface area (Å²) >= 11 is 1.71. The van der Waals surface area contributed by atoms with Gasteiger partial charge in [0.05, 0.1) is 12.6 Å². The van der Waals surface area contributed by atoms with Crippen molar-refractivity contribution in [1.82, 2.24) is 4.98 Å². The van der Waals surface area contributed by atoms with E-state index >= 15 is 0 Å². The maximum atomic E-state index is 9.14. The molecule has 13 heavy (non-hydrogen) atoms. The van der Waals surface area contributed by atoms with Crippen LogP contribution in [0.4, 0.5) is 5.13 Å². The number of aliphatic hydroxyl groups is 1. The summed E-state index contributed by atoms with van der Waals surface area (Å²) < 4.78 is 0. The van der Waals surface area contributed by atoms with Crippen molar-refractivity contribution in [3.05, 3.63) is 11.1 Å². The Morgan fingerprint density at radius 1 is 1.77 bits per heavy atom. The molecule has 0 aromatic carbocycles. The molecule has 0 aliphatic carbocycles. The maximum absolute atomic E-state index is 9.14. The molecule has 0 saturated carbocycles. The van der Waals surface area contributed by atoms with Crippen LogP contribution in [0.5, 0.6) is 0 Å². The maximum Gasteiger partial charge on any atom is 0.185 e. The first-order chi connectivity index (χ1) is 6.31. The number of hydrogen-bond donors (Lipinski definition) is 1. The molecule has 1 aliphatic rings. The zero-order chi connectivity index (χ0) is 9.26. The molecule has 3 nitrogen and oxygen atoms in total. The summed E-state index contributed by atoms with van der Waals surface area (Å²) in [5.74, 6) is 0. The van der Waals surface area contributed by atoms with Gasteiger partial charge in [0.15, 0.2) is 5.13 Å². The second-order valence-corrected chi connectivity index (χ2v) is 4.64. The minimum atomic E-state index is 0.249. The van der Waals surface area contributed by atoms with E-state index in [-0.39, 0.29) is 6.61 Å². The molecule has 1 aromatic heterocycles. The van der Waals surface area contributed by atoms with Crippen LogP contribution in [0.3, 0.4) is 0 Å². The summed E-state index contributed by atoms with van der Waals surface area (Å²) in [5, 5.41) is 10.2. The third kappa shape index (κ3) is 1.69. The van der Waals surface area contributed by atoms with E-state index in [1.54, 1.807) is 11.3 Å². The normalized spacial score (nSPS) is 22.6. The molecule has 2 rings (SSSR count). The molecule has 0 radical (unpaired) electrons. The number of anilines is 1. The van der Waals surface area contributed by atoms with Gasteiger partial charge in [-0.1, -0.05) is 0 Å². The number of aliphatic hydroxyl groups excluding tert-OH is 1. The highest BCUT2D eigenvalue weighted by atomic mass is 32.1. The largest absolute Gasteiger partial charge is 0.394 e. The number of rotatable bonds is 2. The molecule has 0 spiro atoms. The lowest BCUT2D eigenvalue weighted by Crippen LogP contribution is -2.31. The van der Waals surface area contributed by atoms with Gasteiger partial charge < -0.3 is 10.0 Å². The Morgan fingerprint density at radius 2 is 2.62 bits per heavy atom. The summed E-state index contributed by atoms with van der Waals surface area (Å²) in [5.41, 5.74) is 0. The molecule has 72 valence electrons. The average Bonchev–Trinajstić information content (AvgIpc) is 2.71. The molecule has 1 saturated heterocycles. The lowest BCUT2D eigenvalue weighted by Gasteiger charge is -2.21. The van der Waals surface area contributed by atoms with Crippen molar-refractivity contribution in [3.63, 3.8) is 0 Å². The van der Waals surface area contributed by atoms with E-state index in [2.05, 4.69) is 16.8 Å². The Morgan fingerprint density at radius 3 is 3.23 bits per heavy atom. The van der Waals surface area contributed by atoms with E-state index in [1.165, 1.54) is 11.3 Å². The van der Waals surface area contributed by atoms with Crippen molar-refractivity contribution in [2.75, 3.05) is 18.1 Å². The number of aryl methyl sites for hydroxylation is 1. The summed E-state index contributed by atoms with van der Waals surface area (Å²) in [6.45, 7) is 3.35. The fourth-order valence-electron chi connectivity index (χ4n) is 1.75. The second-order valence-electron chi connectivity index (χ2n) is 3.43. The van der Waals surface area contributed by atoms with Crippen LogP contribution in [0.25, 0.3) is 0 Å². The van der Waals surface area contributed by atoms with E-state index in [0.717, 1.165) is 18.1 Å². The molecule has 1 atom stereocenters. The third-order valence-corrected chi connectivity index (χ3v) is 3.39. The summed E-state index contributed by atoms with van der Waals surface area (Å²) in [6.07, 6.45) is 4.16. The van der Waals surface area contributed by atoms with Gasteiger partial charge in [0, 0.05) is 17.6 Å². The topological polar surface area (TPSA) is 36.4 Å². The van der Waals surface area contributed by atoms with Crippen molar-refractivity contribution in [1.29, 1.82) is 0 Å². The Labute approximate surface area is 82.0 Å². The van der Waals surface area contributed by atoms with Gasteiger partial charge in [-0.05, 0) is 19.8 Å². The van der Waals surface area contributed by atoms with Crippen molar-refractivity contribution >= 4 is 16.5 Å². The minimum Gasteiger partial charge on any atom is -0.394 e. The zero-order valence-corrected chi connectivity index (χ0v) is 8.55. The first-order valence-corrected chi connectivity index (χ1v) is 5.43. The minimum absolute atomic E-state index is 0.249. The molecule has 1 fully saturated rings. The summed E-state index contributed by atoms with van der Waals surface area (Å²) in [6, 6.07) is 0.297. The zero-order valence-electron chi connectivity index (χ0n) is 7.73. The highest BCUT2D eigenvalue weighted by molar-refractivity contribution is 7.15. The van der Waals surface area contributed by atoms with E-state index in [1.807, 2.05) is 6.20 Å². The quantitative estimate of drug-likeness (QED) is 0.780. The van der Waals surface area contributed by atoms with Crippen LogP contribution < -0.4 is 4.90 Å². The Bertz CT molecular complexity index is 287. The molecule has 2 heterocycles. The Kier molecular flexibility index (Phi) is 2.51. The fourth-order valence-corrected chi connectivity index (χ4v) is 2.61. The first-order valence-electron chi connectivity index (χ1n) is 4.61.